The minimum absolute atomic E-state index is 0. The molecule has 7 nitrogen and oxygen atoms in total. The monoisotopic (exact) mass is 520 g/mol. The van der Waals surface area contributed by atoms with Crippen LogP contribution in [0.15, 0.2) is 23.2 Å². The molecule has 2 rings (SSSR count). The lowest BCUT2D eigenvalue weighted by atomic mass is 10.0. The quantitative estimate of drug-likeness (QED) is 0.296. The largest absolute Gasteiger partial charge is 0.493 e. The van der Waals surface area contributed by atoms with E-state index in [2.05, 4.69) is 34.4 Å². The van der Waals surface area contributed by atoms with Gasteiger partial charge in [0.1, 0.15) is 0 Å². The molecule has 8 heteroatoms. The zero-order chi connectivity index (χ0) is 20.4. The normalized spacial score (nSPS) is 16.1. The average Bonchev–Trinajstić information content (AvgIpc) is 2.71. The fourth-order valence-electron chi connectivity index (χ4n) is 3.40. The number of anilines is 1. The van der Waals surface area contributed by atoms with Gasteiger partial charge in [0.2, 0.25) is 0 Å². The first-order chi connectivity index (χ1) is 13.6. The number of ether oxygens (including phenoxy) is 3. The summed E-state index contributed by atoms with van der Waals surface area (Å²) in [5.41, 5.74) is 0.907. The number of hydrogen-bond donors (Lipinski definition) is 2. The van der Waals surface area contributed by atoms with Crippen LogP contribution in [0.3, 0.4) is 0 Å². The number of rotatable bonds is 9. The SMILES string of the molecule is CCOc1cc(NC(=NC)NCC(CC(C)C)N2CCOCC2)ccc1OC.I. The van der Waals surface area contributed by atoms with Crippen molar-refractivity contribution in [3.05, 3.63) is 18.2 Å². The van der Waals surface area contributed by atoms with Crippen molar-refractivity contribution in [2.24, 2.45) is 10.9 Å². The third-order valence-electron chi connectivity index (χ3n) is 4.76. The van der Waals surface area contributed by atoms with Crippen LogP contribution in [0.5, 0.6) is 11.5 Å². The van der Waals surface area contributed by atoms with E-state index in [-0.39, 0.29) is 24.0 Å². The van der Waals surface area contributed by atoms with Crippen LogP contribution in [0.1, 0.15) is 27.2 Å². The molecule has 166 valence electrons. The summed E-state index contributed by atoms with van der Waals surface area (Å²) >= 11 is 0. The van der Waals surface area contributed by atoms with Gasteiger partial charge in [-0.05, 0) is 31.4 Å². The Morgan fingerprint density at radius 3 is 2.55 bits per heavy atom. The molecule has 0 spiro atoms. The van der Waals surface area contributed by atoms with Gasteiger partial charge in [-0.2, -0.15) is 0 Å². The average molecular weight is 520 g/mol. The number of methoxy groups -OCH3 is 1. The zero-order valence-corrected chi connectivity index (χ0v) is 20.7. The standard InChI is InChI=1S/C21H36N4O3.HI/c1-6-28-20-14-17(7-8-19(20)26-5)24-21(22-4)23-15-18(13-16(2)3)25-9-11-27-12-10-25;/h7-8,14,16,18H,6,9-13,15H2,1-5H3,(H2,22,23,24);1H. The Kier molecular flexibility index (Phi) is 12.3. The van der Waals surface area contributed by atoms with Gasteiger partial charge in [0.25, 0.3) is 0 Å². The molecule has 0 amide bonds. The van der Waals surface area contributed by atoms with E-state index in [1.807, 2.05) is 25.1 Å². The lowest BCUT2D eigenvalue weighted by molar-refractivity contribution is 0.0133. The summed E-state index contributed by atoms with van der Waals surface area (Å²) in [5.74, 6) is 2.82. The van der Waals surface area contributed by atoms with Gasteiger partial charge in [0.15, 0.2) is 17.5 Å². The second-order valence-electron chi connectivity index (χ2n) is 7.31. The lowest BCUT2D eigenvalue weighted by Gasteiger charge is -2.35. The van der Waals surface area contributed by atoms with Crippen molar-refractivity contribution < 1.29 is 14.2 Å². The number of aliphatic imine (C=N–C) groups is 1. The lowest BCUT2D eigenvalue weighted by Crippen LogP contribution is -2.50. The number of morpholine rings is 1. The van der Waals surface area contributed by atoms with Crippen LogP contribution in [0.4, 0.5) is 5.69 Å². The van der Waals surface area contributed by atoms with Crippen molar-refractivity contribution in [2.45, 2.75) is 33.2 Å². The van der Waals surface area contributed by atoms with Crippen LogP contribution in [0.2, 0.25) is 0 Å². The summed E-state index contributed by atoms with van der Waals surface area (Å²) < 4.78 is 16.5. The number of hydrogen-bond acceptors (Lipinski definition) is 5. The Bertz CT molecular complexity index is 622. The van der Waals surface area contributed by atoms with Gasteiger partial charge < -0.3 is 24.8 Å². The van der Waals surface area contributed by atoms with Gasteiger partial charge in [-0.15, -0.1) is 24.0 Å². The number of benzene rings is 1. The maximum absolute atomic E-state index is 5.66. The molecule has 29 heavy (non-hydrogen) atoms. The smallest absolute Gasteiger partial charge is 0.195 e. The van der Waals surface area contributed by atoms with Gasteiger partial charge >= 0.3 is 0 Å². The fraction of sp³-hybridized carbons (Fsp3) is 0.667. The molecule has 0 bridgehead atoms. The molecule has 0 saturated carbocycles. The summed E-state index contributed by atoms with van der Waals surface area (Å²) in [4.78, 5) is 6.90. The molecular weight excluding hydrogens is 483 g/mol. The minimum Gasteiger partial charge on any atom is -0.493 e. The van der Waals surface area contributed by atoms with E-state index in [0.717, 1.165) is 62.4 Å². The van der Waals surface area contributed by atoms with Crippen LogP contribution < -0.4 is 20.1 Å². The van der Waals surface area contributed by atoms with E-state index < -0.39 is 0 Å². The van der Waals surface area contributed by atoms with Crippen LogP contribution in [0, 0.1) is 5.92 Å². The Labute approximate surface area is 192 Å². The first-order valence-electron chi connectivity index (χ1n) is 10.2. The van der Waals surface area contributed by atoms with Crippen molar-refractivity contribution in [1.82, 2.24) is 10.2 Å². The Morgan fingerprint density at radius 1 is 1.24 bits per heavy atom. The Balaban J connectivity index is 0.00000420. The van der Waals surface area contributed by atoms with Crippen molar-refractivity contribution in [3.8, 4) is 11.5 Å². The second-order valence-corrected chi connectivity index (χ2v) is 7.31. The van der Waals surface area contributed by atoms with E-state index in [0.29, 0.717) is 18.6 Å². The van der Waals surface area contributed by atoms with Crippen molar-refractivity contribution in [2.75, 3.05) is 58.9 Å². The van der Waals surface area contributed by atoms with Crippen molar-refractivity contribution in [3.63, 3.8) is 0 Å². The fourth-order valence-corrected chi connectivity index (χ4v) is 3.40. The first-order valence-corrected chi connectivity index (χ1v) is 10.2. The van der Waals surface area contributed by atoms with Crippen molar-refractivity contribution in [1.29, 1.82) is 0 Å². The van der Waals surface area contributed by atoms with Crippen molar-refractivity contribution >= 4 is 35.6 Å². The highest BCUT2D eigenvalue weighted by molar-refractivity contribution is 14.0. The zero-order valence-electron chi connectivity index (χ0n) is 18.4. The predicted molar refractivity (Wildman–Crippen MR) is 130 cm³/mol. The van der Waals surface area contributed by atoms with Gasteiger partial charge in [-0.25, -0.2) is 0 Å². The topological polar surface area (TPSA) is 67.4 Å². The molecule has 1 fully saturated rings. The second kappa shape index (κ2) is 13.9. The first kappa shape index (κ1) is 25.8. The van der Waals surface area contributed by atoms with Gasteiger partial charge in [0.05, 0.1) is 26.9 Å². The summed E-state index contributed by atoms with van der Waals surface area (Å²) in [6.07, 6.45) is 1.14. The third kappa shape index (κ3) is 8.55. The van der Waals surface area contributed by atoms with E-state index in [4.69, 9.17) is 14.2 Å². The molecule has 1 aliphatic rings. The van der Waals surface area contributed by atoms with Gasteiger partial charge in [-0.1, -0.05) is 13.8 Å². The van der Waals surface area contributed by atoms with Gasteiger partial charge in [-0.3, -0.25) is 9.89 Å². The molecule has 1 saturated heterocycles. The number of nitrogens with one attached hydrogen (secondary N) is 2. The molecule has 0 radical (unpaired) electrons. The molecule has 1 aliphatic heterocycles. The highest BCUT2D eigenvalue weighted by Crippen LogP contribution is 2.30. The van der Waals surface area contributed by atoms with Gasteiger partial charge in [0, 0.05) is 44.5 Å². The summed E-state index contributed by atoms with van der Waals surface area (Å²) in [7, 11) is 3.43. The maximum atomic E-state index is 5.66. The molecule has 1 atom stereocenters. The summed E-state index contributed by atoms with van der Waals surface area (Å²) in [6, 6.07) is 6.25. The highest BCUT2D eigenvalue weighted by atomic mass is 127. The summed E-state index contributed by atoms with van der Waals surface area (Å²) in [5, 5.41) is 6.84. The molecule has 2 N–H and O–H groups in total. The summed E-state index contributed by atoms with van der Waals surface area (Å²) in [6.45, 7) is 11.5. The maximum Gasteiger partial charge on any atom is 0.195 e. The molecule has 0 aromatic heterocycles. The molecule has 1 unspecified atom stereocenters. The van der Waals surface area contributed by atoms with E-state index in [1.54, 1.807) is 14.2 Å². The highest BCUT2D eigenvalue weighted by Gasteiger charge is 2.22. The molecular formula is C21H37IN4O3. The van der Waals surface area contributed by atoms with Crippen LogP contribution >= 0.6 is 24.0 Å². The van der Waals surface area contributed by atoms with E-state index in [1.165, 1.54) is 0 Å². The predicted octanol–water partition coefficient (Wildman–Crippen LogP) is 3.45. The molecule has 1 heterocycles. The minimum atomic E-state index is 0. The number of nitrogens with zero attached hydrogens (tertiary/aromatic N) is 2. The Morgan fingerprint density at radius 2 is 1.97 bits per heavy atom. The molecule has 1 aromatic rings. The van der Waals surface area contributed by atoms with E-state index in [9.17, 15) is 0 Å². The molecule has 0 aliphatic carbocycles. The van der Waals surface area contributed by atoms with E-state index >= 15 is 0 Å². The van der Waals surface area contributed by atoms with Crippen LogP contribution in [0.25, 0.3) is 0 Å². The Hall–Kier alpha value is -1.26. The van der Waals surface area contributed by atoms with Crippen LogP contribution in [-0.4, -0.2) is 70.5 Å². The van der Waals surface area contributed by atoms with Crippen LogP contribution in [-0.2, 0) is 4.74 Å². The molecule has 1 aromatic carbocycles. The number of guanidine groups is 1. The third-order valence-corrected chi connectivity index (χ3v) is 4.76. The number of halogens is 1.